The highest BCUT2D eigenvalue weighted by Crippen LogP contribution is 2.01. The Hall–Kier alpha value is -1.11. The Bertz CT molecular complexity index is 351. The lowest BCUT2D eigenvalue weighted by molar-refractivity contribution is 0.0949. The Morgan fingerprint density at radius 3 is 2.50 bits per heavy atom. The van der Waals surface area contributed by atoms with Crippen LogP contribution in [0.25, 0.3) is 0 Å². The molecule has 1 heterocycles. The molecule has 0 unspecified atom stereocenters. The molecule has 4 N–H and O–H groups in total. The van der Waals surface area contributed by atoms with Gasteiger partial charge in [-0.3, -0.25) is 4.79 Å². The Morgan fingerprint density at radius 2 is 1.89 bits per heavy atom. The summed E-state index contributed by atoms with van der Waals surface area (Å²) < 4.78 is 0. The van der Waals surface area contributed by atoms with E-state index in [9.17, 15) is 4.79 Å². The summed E-state index contributed by atoms with van der Waals surface area (Å²) in [7, 11) is 0. The van der Waals surface area contributed by atoms with Crippen molar-refractivity contribution >= 4 is 36.5 Å². The molecule has 1 rings (SSSR count). The zero-order valence-corrected chi connectivity index (χ0v) is 11.8. The lowest BCUT2D eigenvalue weighted by atomic mass is 10.3. The van der Waals surface area contributed by atoms with Gasteiger partial charge in [-0.05, 0) is 13.0 Å². The van der Waals surface area contributed by atoms with E-state index in [4.69, 9.17) is 5.73 Å². The molecule has 0 atom stereocenters. The number of nitrogens with zero attached hydrogens (tertiary/aromatic N) is 2. The van der Waals surface area contributed by atoms with Crippen LogP contribution in [0.5, 0.6) is 0 Å². The number of nitrogen functional groups attached to an aromatic ring is 1. The van der Waals surface area contributed by atoms with Crippen LogP contribution in [0.15, 0.2) is 12.4 Å². The smallest absolute Gasteiger partial charge is 0.273 e. The lowest BCUT2D eigenvalue weighted by Crippen LogP contribution is -2.33. The summed E-state index contributed by atoms with van der Waals surface area (Å²) in [5.74, 6) is -0.134. The number of carbonyl (C=O) groups excluding carboxylic acids is 1. The minimum atomic E-state index is -0.288. The number of carbonyl (C=O) groups is 1. The minimum absolute atomic E-state index is 0. The standard InChI is InChI=1S/C10H17N5O.2ClH/c1-2-3-12-4-5-15-10(16)8-9(11)14-7-6-13-8;;/h6-7,12H,2-5H2,1H3,(H2,11,14)(H,15,16);2*1H. The van der Waals surface area contributed by atoms with Crippen LogP contribution in [-0.4, -0.2) is 35.5 Å². The van der Waals surface area contributed by atoms with Crippen molar-refractivity contribution in [3.63, 3.8) is 0 Å². The van der Waals surface area contributed by atoms with Crippen molar-refractivity contribution in [3.05, 3.63) is 18.1 Å². The molecule has 0 saturated carbocycles. The van der Waals surface area contributed by atoms with Crippen LogP contribution < -0.4 is 16.4 Å². The first-order valence-electron chi connectivity index (χ1n) is 5.31. The van der Waals surface area contributed by atoms with Gasteiger partial charge in [-0.1, -0.05) is 6.92 Å². The summed E-state index contributed by atoms with van der Waals surface area (Å²) in [4.78, 5) is 19.2. The molecule has 18 heavy (non-hydrogen) atoms. The van der Waals surface area contributed by atoms with E-state index in [1.807, 2.05) is 0 Å². The summed E-state index contributed by atoms with van der Waals surface area (Å²) in [5, 5.41) is 5.89. The second-order valence-corrected chi connectivity index (χ2v) is 3.30. The van der Waals surface area contributed by atoms with Gasteiger partial charge in [0.1, 0.15) is 0 Å². The molecule has 1 aromatic heterocycles. The highest BCUT2D eigenvalue weighted by atomic mass is 35.5. The number of rotatable bonds is 6. The van der Waals surface area contributed by atoms with Gasteiger partial charge >= 0.3 is 0 Å². The first-order valence-corrected chi connectivity index (χ1v) is 5.31. The molecule has 0 fully saturated rings. The van der Waals surface area contributed by atoms with Crippen LogP contribution in [-0.2, 0) is 0 Å². The maximum atomic E-state index is 11.6. The van der Waals surface area contributed by atoms with Gasteiger partial charge in [0, 0.05) is 25.5 Å². The zero-order chi connectivity index (χ0) is 11.8. The van der Waals surface area contributed by atoms with Crippen molar-refractivity contribution in [3.8, 4) is 0 Å². The fourth-order valence-electron chi connectivity index (χ4n) is 1.17. The van der Waals surface area contributed by atoms with Gasteiger partial charge in [0.05, 0.1) is 0 Å². The highest BCUT2D eigenvalue weighted by molar-refractivity contribution is 5.96. The van der Waals surface area contributed by atoms with Crippen LogP contribution in [0.1, 0.15) is 23.8 Å². The van der Waals surface area contributed by atoms with Crippen LogP contribution in [0.4, 0.5) is 5.82 Å². The van der Waals surface area contributed by atoms with Crippen LogP contribution >= 0.6 is 24.8 Å². The number of hydrogen-bond acceptors (Lipinski definition) is 5. The van der Waals surface area contributed by atoms with Gasteiger partial charge in [0.2, 0.25) is 0 Å². The summed E-state index contributed by atoms with van der Waals surface area (Å²) in [6.07, 6.45) is 3.97. The molecule has 6 nitrogen and oxygen atoms in total. The maximum absolute atomic E-state index is 11.6. The Kier molecular flexibility index (Phi) is 11.8. The number of nitrogens with two attached hydrogens (primary N) is 1. The number of hydrogen-bond donors (Lipinski definition) is 3. The first-order chi connectivity index (χ1) is 7.75. The number of nitrogens with one attached hydrogen (secondary N) is 2. The second kappa shape index (κ2) is 11.0. The third-order valence-corrected chi connectivity index (χ3v) is 1.96. The summed E-state index contributed by atoms with van der Waals surface area (Å²) in [6, 6.07) is 0. The molecule has 0 radical (unpaired) electrons. The van der Waals surface area contributed by atoms with Crippen molar-refractivity contribution in [2.24, 2.45) is 0 Å². The van der Waals surface area contributed by atoms with Crippen molar-refractivity contribution in [2.75, 3.05) is 25.4 Å². The molecule has 8 heteroatoms. The summed E-state index contributed by atoms with van der Waals surface area (Å²) in [6.45, 7) is 4.32. The van der Waals surface area contributed by atoms with E-state index in [2.05, 4.69) is 27.5 Å². The van der Waals surface area contributed by atoms with Crippen molar-refractivity contribution in [1.82, 2.24) is 20.6 Å². The average molecular weight is 296 g/mol. The largest absolute Gasteiger partial charge is 0.382 e. The number of amides is 1. The topological polar surface area (TPSA) is 92.9 Å². The van der Waals surface area contributed by atoms with Gasteiger partial charge in [0.25, 0.3) is 5.91 Å². The van der Waals surface area contributed by atoms with E-state index < -0.39 is 0 Å². The van der Waals surface area contributed by atoms with E-state index in [1.54, 1.807) is 0 Å². The van der Waals surface area contributed by atoms with Crippen LogP contribution in [0, 0.1) is 0 Å². The van der Waals surface area contributed by atoms with Gasteiger partial charge in [0.15, 0.2) is 11.5 Å². The van der Waals surface area contributed by atoms with Crippen LogP contribution in [0.3, 0.4) is 0 Å². The molecule has 0 aromatic carbocycles. The second-order valence-electron chi connectivity index (χ2n) is 3.30. The molecular weight excluding hydrogens is 277 g/mol. The van der Waals surface area contributed by atoms with Crippen molar-refractivity contribution < 1.29 is 4.79 Å². The maximum Gasteiger partial charge on any atom is 0.273 e. The first kappa shape index (κ1) is 19.2. The Morgan fingerprint density at radius 1 is 1.22 bits per heavy atom. The molecule has 1 amide bonds. The SMILES string of the molecule is CCCNCCNC(=O)c1nccnc1N.Cl.Cl. The molecule has 0 bridgehead atoms. The third kappa shape index (κ3) is 6.58. The van der Waals surface area contributed by atoms with E-state index in [0.29, 0.717) is 6.54 Å². The van der Waals surface area contributed by atoms with Crippen LogP contribution in [0.2, 0.25) is 0 Å². The fraction of sp³-hybridized carbons (Fsp3) is 0.500. The lowest BCUT2D eigenvalue weighted by Gasteiger charge is -2.06. The molecule has 0 aliphatic heterocycles. The number of halogens is 2. The third-order valence-electron chi connectivity index (χ3n) is 1.96. The normalized spacial score (nSPS) is 8.94. The molecule has 104 valence electrons. The fourth-order valence-corrected chi connectivity index (χ4v) is 1.17. The van der Waals surface area contributed by atoms with Crippen molar-refractivity contribution in [2.45, 2.75) is 13.3 Å². The van der Waals surface area contributed by atoms with Crippen molar-refractivity contribution in [1.29, 1.82) is 0 Å². The van der Waals surface area contributed by atoms with Gasteiger partial charge in [-0.15, -0.1) is 24.8 Å². The monoisotopic (exact) mass is 295 g/mol. The molecule has 0 aliphatic rings. The molecule has 0 spiro atoms. The van der Waals surface area contributed by atoms with E-state index in [1.165, 1.54) is 12.4 Å². The number of aromatic nitrogens is 2. The highest BCUT2D eigenvalue weighted by Gasteiger charge is 2.10. The van der Waals surface area contributed by atoms with Gasteiger partial charge in [-0.2, -0.15) is 0 Å². The number of anilines is 1. The van der Waals surface area contributed by atoms with E-state index >= 15 is 0 Å². The van der Waals surface area contributed by atoms with E-state index in [-0.39, 0.29) is 42.2 Å². The Labute approximate surface area is 119 Å². The van der Waals surface area contributed by atoms with E-state index in [0.717, 1.165) is 19.5 Å². The Balaban J connectivity index is 0. The predicted molar refractivity (Wildman–Crippen MR) is 76.4 cm³/mol. The molecule has 1 aromatic rings. The minimum Gasteiger partial charge on any atom is -0.382 e. The molecule has 0 aliphatic carbocycles. The molecular formula is C10H19Cl2N5O. The zero-order valence-electron chi connectivity index (χ0n) is 10.2. The average Bonchev–Trinajstić information content (AvgIpc) is 2.29. The summed E-state index contributed by atoms with van der Waals surface area (Å²) in [5.41, 5.74) is 5.70. The predicted octanol–water partition coefficient (Wildman–Crippen LogP) is 0.632. The van der Waals surface area contributed by atoms with Gasteiger partial charge in [-0.25, -0.2) is 9.97 Å². The van der Waals surface area contributed by atoms with Gasteiger partial charge < -0.3 is 16.4 Å². The summed E-state index contributed by atoms with van der Waals surface area (Å²) >= 11 is 0. The quantitative estimate of drug-likeness (QED) is 0.670. The molecule has 0 saturated heterocycles.